The molecule has 114 valence electrons. The fourth-order valence-electron chi connectivity index (χ4n) is 2.13. The average Bonchev–Trinajstić information content (AvgIpc) is 2.54. The highest BCUT2D eigenvalue weighted by Crippen LogP contribution is 2.25. The molecule has 0 radical (unpaired) electrons. The molecule has 1 heterocycles. The molecule has 0 unspecified atom stereocenters. The van der Waals surface area contributed by atoms with Gasteiger partial charge in [0.2, 0.25) is 0 Å². The van der Waals surface area contributed by atoms with Gasteiger partial charge in [0, 0.05) is 11.8 Å². The standard InChI is InChI=1S/C16H15BrFN3O/c17-13-6-5-12(18)9-15(13)22-8-7-19-16-20-10-11-3-1-2-4-14(11)21-16/h1-6,9H,7-8,10H2,(H2,19,20,21). The van der Waals surface area contributed by atoms with Crippen molar-refractivity contribution in [2.45, 2.75) is 6.54 Å². The van der Waals surface area contributed by atoms with E-state index in [0.29, 0.717) is 25.4 Å². The van der Waals surface area contributed by atoms with Crippen molar-refractivity contribution in [3.05, 3.63) is 58.3 Å². The minimum atomic E-state index is -0.318. The van der Waals surface area contributed by atoms with Crippen LogP contribution in [0.3, 0.4) is 0 Å². The number of aliphatic imine (C=N–C) groups is 1. The van der Waals surface area contributed by atoms with Crippen LogP contribution in [0.25, 0.3) is 0 Å². The van der Waals surface area contributed by atoms with E-state index in [1.165, 1.54) is 17.7 Å². The molecule has 0 aliphatic carbocycles. The summed E-state index contributed by atoms with van der Waals surface area (Å²) in [5.41, 5.74) is 2.24. The Balaban J connectivity index is 1.48. The molecule has 0 saturated heterocycles. The van der Waals surface area contributed by atoms with Gasteiger partial charge >= 0.3 is 0 Å². The summed E-state index contributed by atoms with van der Waals surface area (Å²) in [5.74, 6) is 0.896. The first-order valence-corrected chi connectivity index (χ1v) is 7.73. The highest BCUT2D eigenvalue weighted by Gasteiger charge is 2.10. The van der Waals surface area contributed by atoms with Gasteiger partial charge in [-0.3, -0.25) is 0 Å². The first kappa shape index (κ1) is 14.8. The third-order valence-electron chi connectivity index (χ3n) is 3.22. The molecule has 0 spiro atoms. The van der Waals surface area contributed by atoms with Crippen molar-refractivity contribution < 1.29 is 9.13 Å². The Hall–Kier alpha value is -2.08. The Bertz CT molecular complexity index is 706. The van der Waals surface area contributed by atoms with E-state index in [4.69, 9.17) is 4.74 Å². The molecule has 2 aromatic rings. The fourth-order valence-corrected chi connectivity index (χ4v) is 2.49. The number of halogens is 2. The van der Waals surface area contributed by atoms with Crippen LogP contribution in [0.2, 0.25) is 0 Å². The summed E-state index contributed by atoms with van der Waals surface area (Å²) in [4.78, 5) is 4.42. The number of nitrogens with zero attached hydrogens (tertiary/aromatic N) is 1. The van der Waals surface area contributed by atoms with Crippen LogP contribution in [-0.4, -0.2) is 19.1 Å². The van der Waals surface area contributed by atoms with E-state index in [-0.39, 0.29) is 5.82 Å². The van der Waals surface area contributed by atoms with Gasteiger partial charge in [-0.15, -0.1) is 0 Å². The Morgan fingerprint density at radius 1 is 1.27 bits per heavy atom. The smallest absolute Gasteiger partial charge is 0.196 e. The minimum absolute atomic E-state index is 0.318. The van der Waals surface area contributed by atoms with Gasteiger partial charge in [-0.1, -0.05) is 18.2 Å². The molecular formula is C16H15BrFN3O. The number of benzene rings is 2. The molecular weight excluding hydrogens is 349 g/mol. The van der Waals surface area contributed by atoms with Crippen LogP contribution >= 0.6 is 15.9 Å². The van der Waals surface area contributed by atoms with Crippen molar-refractivity contribution in [1.82, 2.24) is 5.32 Å². The molecule has 6 heteroatoms. The number of hydrogen-bond acceptors (Lipinski definition) is 4. The van der Waals surface area contributed by atoms with E-state index < -0.39 is 0 Å². The number of ether oxygens (including phenoxy) is 1. The Morgan fingerprint density at radius 2 is 2.14 bits per heavy atom. The lowest BCUT2D eigenvalue weighted by atomic mass is 10.1. The van der Waals surface area contributed by atoms with Crippen molar-refractivity contribution in [2.75, 3.05) is 18.5 Å². The molecule has 1 aliphatic rings. The van der Waals surface area contributed by atoms with Crippen LogP contribution in [0.5, 0.6) is 5.75 Å². The molecule has 3 rings (SSSR count). The van der Waals surface area contributed by atoms with Gasteiger partial charge < -0.3 is 15.4 Å². The highest BCUT2D eigenvalue weighted by atomic mass is 79.9. The second kappa shape index (κ2) is 6.79. The molecule has 0 amide bonds. The number of rotatable bonds is 4. The van der Waals surface area contributed by atoms with Gasteiger partial charge in [-0.2, -0.15) is 0 Å². The number of fused-ring (bicyclic) bond motifs is 1. The van der Waals surface area contributed by atoms with Crippen molar-refractivity contribution in [1.29, 1.82) is 0 Å². The zero-order chi connectivity index (χ0) is 15.4. The van der Waals surface area contributed by atoms with Crippen molar-refractivity contribution >= 4 is 27.6 Å². The summed E-state index contributed by atoms with van der Waals surface area (Å²) in [7, 11) is 0. The molecule has 1 aliphatic heterocycles. The molecule has 0 saturated carbocycles. The Kier molecular flexibility index (Phi) is 4.58. The van der Waals surface area contributed by atoms with E-state index >= 15 is 0 Å². The molecule has 2 N–H and O–H groups in total. The second-order valence-electron chi connectivity index (χ2n) is 4.80. The molecule has 2 aromatic carbocycles. The summed E-state index contributed by atoms with van der Waals surface area (Å²) >= 11 is 3.33. The highest BCUT2D eigenvalue weighted by molar-refractivity contribution is 9.10. The fraction of sp³-hybridized carbons (Fsp3) is 0.188. The zero-order valence-corrected chi connectivity index (χ0v) is 13.4. The number of anilines is 1. The Morgan fingerprint density at radius 3 is 3.05 bits per heavy atom. The summed E-state index contributed by atoms with van der Waals surface area (Å²) < 4.78 is 19.4. The van der Waals surface area contributed by atoms with E-state index in [9.17, 15) is 4.39 Å². The van der Waals surface area contributed by atoms with Crippen molar-refractivity contribution in [2.24, 2.45) is 4.99 Å². The van der Waals surface area contributed by atoms with Gasteiger partial charge in [-0.05, 0) is 39.7 Å². The Labute approximate surface area is 136 Å². The largest absolute Gasteiger partial charge is 0.490 e. The molecule has 0 fully saturated rings. The molecule has 0 atom stereocenters. The topological polar surface area (TPSA) is 45.6 Å². The maximum absolute atomic E-state index is 13.1. The van der Waals surface area contributed by atoms with E-state index in [0.717, 1.165) is 16.1 Å². The average molecular weight is 364 g/mol. The number of guanidine groups is 1. The van der Waals surface area contributed by atoms with Gasteiger partial charge in [0.25, 0.3) is 0 Å². The lowest BCUT2D eigenvalue weighted by Gasteiger charge is -2.19. The first-order chi connectivity index (χ1) is 10.7. The zero-order valence-electron chi connectivity index (χ0n) is 11.8. The third kappa shape index (κ3) is 3.57. The predicted molar refractivity (Wildman–Crippen MR) is 88.8 cm³/mol. The SMILES string of the molecule is Fc1ccc(Br)c(OCCNC2=NCc3ccccc3N2)c1. The van der Waals surface area contributed by atoms with E-state index in [1.807, 2.05) is 24.3 Å². The lowest BCUT2D eigenvalue weighted by molar-refractivity contribution is 0.318. The van der Waals surface area contributed by atoms with Crippen LogP contribution in [0.1, 0.15) is 5.56 Å². The van der Waals surface area contributed by atoms with Gasteiger partial charge in [-0.25, -0.2) is 9.38 Å². The van der Waals surface area contributed by atoms with E-state index in [2.05, 4.69) is 31.6 Å². The van der Waals surface area contributed by atoms with Gasteiger partial charge in [0.05, 0.1) is 17.6 Å². The van der Waals surface area contributed by atoms with Gasteiger partial charge in [0.1, 0.15) is 18.2 Å². The minimum Gasteiger partial charge on any atom is -0.490 e. The maximum atomic E-state index is 13.1. The summed E-state index contributed by atoms with van der Waals surface area (Å²) in [5, 5.41) is 6.40. The quantitative estimate of drug-likeness (QED) is 0.816. The van der Waals surface area contributed by atoms with Crippen LogP contribution in [0.15, 0.2) is 51.9 Å². The molecule has 0 bridgehead atoms. The molecule has 0 aromatic heterocycles. The summed E-state index contributed by atoms with van der Waals surface area (Å²) in [6.07, 6.45) is 0. The van der Waals surface area contributed by atoms with Crippen LogP contribution in [-0.2, 0) is 6.54 Å². The normalized spacial score (nSPS) is 12.9. The monoisotopic (exact) mass is 363 g/mol. The molecule has 4 nitrogen and oxygen atoms in total. The number of nitrogens with one attached hydrogen (secondary N) is 2. The van der Waals surface area contributed by atoms with Crippen LogP contribution < -0.4 is 15.4 Å². The second-order valence-corrected chi connectivity index (χ2v) is 5.65. The third-order valence-corrected chi connectivity index (χ3v) is 3.88. The number of para-hydroxylation sites is 1. The van der Waals surface area contributed by atoms with Crippen molar-refractivity contribution in [3.8, 4) is 5.75 Å². The van der Waals surface area contributed by atoms with E-state index in [1.54, 1.807) is 6.07 Å². The van der Waals surface area contributed by atoms with Crippen LogP contribution in [0, 0.1) is 5.82 Å². The lowest BCUT2D eigenvalue weighted by Crippen LogP contribution is -2.35. The van der Waals surface area contributed by atoms with Gasteiger partial charge in [0.15, 0.2) is 5.96 Å². The van der Waals surface area contributed by atoms with Crippen molar-refractivity contribution in [3.63, 3.8) is 0 Å². The van der Waals surface area contributed by atoms with Crippen LogP contribution in [0.4, 0.5) is 10.1 Å². The maximum Gasteiger partial charge on any atom is 0.196 e. The summed E-state index contributed by atoms with van der Waals surface area (Å²) in [6.45, 7) is 1.63. The summed E-state index contributed by atoms with van der Waals surface area (Å²) in [6, 6.07) is 12.4. The number of hydrogen-bond donors (Lipinski definition) is 2. The first-order valence-electron chi connectivity index (χ1n) is 6.93. The predicted octanol–water partition coefficient (Wildman–Crippen LogP) is 3.54. The molecule has 22 heavy (non-hydrogen) atoms.